The summed E-state index contributed by atoms with van der Waals surface area (Å²) in [5, 5.41) is 1.04. The number of nitrogens with zero attached hydrogens (tertiary/aromatic N) is 1. The summed E-state index contributed by atoms with van der Waals surface area (Å²) >= 11 is 0. The number of nitrogens with one attached hydrogen (secondary N) is 1. The number of nitrogens with two attached hydrogens (primary N) is 1. The van der Waals surface area contributed by atoms with Gasteiger partial charge in [0.15, 0.2) is 0 Å². The van der Waals surface area contributed by atoms with E-state index in [4.69, 9.17) is 5.73 Å². The summed E-state index contributed by atoms with van der Waals surface area (Å²) in [6.07, 6.45) is 3.81. The van der Waals surface area contributed by atoms with Gasteiger partial charge in [0.05, 0.1) is 0 Å². The molecule has 24 heavy (non-hydrogen) atoms. The van der Waals surface area contributed by atoms with Crippen molar-refractivity contribution in [3.63, 3.8) is 0 Å². The van der Waals surface area contributed by atoms with Gasteiger partial charge in [-0.05, 0) is 29.3 Å². The molecule has 0 saturated carbocycles. The number of hydrogen-bond acceptors (Lipinski definition) is 2. The van der Waals surface area contributed by atoms with E-state index in [2.05, 4.69) is 28.2 Å². The molecule has 0 atom stereocenters. The van der Waals surface area contributed by atoms with Crippen molar-refractivity contribution in [2.75, 3.05) is 0 Å². The third-order valence-electron chi connectivity index (χ3n) is 4.12. The zero-order valence-corrected chi connectivity index (χ0v) is 12.9. The molecule has 0 unspecified atom stereocenters. The molecule has 0 aliphatic heterocycles. The normalized spacial score (nSPS) is 10.8. The van der Waals surface area contributed by atoms with Crippen LogP contribution in [-0.4, -0.2) is 15.9 Å². The van der Waals surface area contributed by atoms with Gasteiger partial charge in [-0.25, -0.2) is 4.98 Å². The molecule has 4 heteroatoms. The fourth-order valence-corrected chi connectivity index (χ4v) is 2.84. The maximum absolute atomic E-state index is 11.2. The number of carbonyl (C=O) groups is 1. The largest absolute Gasteiger partial charge is 0.366 e. The summed E-state index contributed by atoms with van der Waals surface area (Å²) in [5.74, 6) is -0.423. The lowest BCUT2D eigenvalue weighted by Crippen LogP contribution is -2.10. The van der Waals surface area contributed by atoms with E-state index in [9.17, 15) is 4.79 Å². The second-order valence-electron chi connectivity index (χ2n) is 5.63. The number of primary amides is 1. The Morgan fingerprint density at radius 1 is 0.917 bits per heavy atom. The van der Waals surface area contributed by atoms with Crippen molar-refractivity contribution < 1.29 is 4.79 Å². The number of fused-ring (bicyclic) bond motifs is 1. The summed E-state index contributed by atoms with van der Waals surface area (Å²) in [6.45, 7) is 0. The summed E-state index contributed by atoms with van der Waals surface area (Å²) in [6, 6.07) is 19.6. The molecule has 2 aromatic heterocycles. The number of hydrogen-bond donors (Lipinski definition) is 2. The predicted molar refractivity (Wildman–Crippen MR) is 95.5 cm³/mol. The molecule has 0 fully saturated rings. The number of rotatable bonds is 3. The second-order valence-corrected chi connectivity index (χ2v) is 5.63. The van der Waals surface area contributed by atoms with E-state index in [1.807, 2.05) is 42.7 Å². The number of benzene rings is 2. The minimum atomic E-state index is -0.423. The molecule has 0 aliphatic rings. The number of H-pyrrole nitrogens is 1. The SMILES string of the molecule is NC(=O)c1ccc(-c2c[nH]c3ncc(-c4ccccc4)cc23)cc1. The topological polar surface area (TPSA) is 71.8 Å². The van der Waals surface area contributed by atoms with Crippen LogP contribution < -0.4 is 5.73 Å². The van der Waals surface area contributed by atoms with Crippen molar-refractivity contribution in [1.82, 2.24) is 9.97 Å². The molecule has 2 aromatic carbocycles. The number of aromatic amines is 1. The van der Waals surface area contributed by atoms with E-state index in [0.717, 1.165) is 33.3 Å². The van der Waals surface area contributed by atoms with Crippen molar-refractivity contribution in [2.45, 2.75) is 0 Å². The quantitative estimate of drug-likeness (QED) is 0.600. The van der Waals surface area contributed by atoms with Crippen molar-refractivity contribution in [1.29, 1.82) is 0 Å². The highest BCUT2D eigenvalue weighted by atomic mass is 16.1. The average Bonchev–Trinajstić information content (AvgIpc) is 3.05. The van der Waals surface area contributed by atoms with Gasteiger partial charge in [-0.2, -0.15) is 0 Å². The lowest BCUT2D eigenvalue weighted by atomic mass is 10.0. The van der Waals surface area contributed by atoms with Gasteiger partial charge in [0.1, 0.15) is 5.65 Å². The molecule has 0 saturated heterocycles. The average molecular weight is 313 g/mol. The predicted octanol–water partition coefficient (Wildman–Crippen LogP) is 4.00. The zero-order valence-electron chi connectivity index (χ0n) is 12.9. The Labute approximate surface area is 139 Å². The van der Waals surface area contributed by atoms with E-state index < -0.39 is 5.91 Å². The van der Waals surface area contributed by atoms with Gasteiger partial charge in [-0.3, -0.25) is 4.79 Å². The van der Waals surface area contributed by atoms with Crippen molar-refractivity contribution in [3.05, 3.63) is 78.6 Å². The Balaban J connectivity index is 1.83. The highest BCUT2D eigenvalue weighted by Gasteiger charge is 2.09. The monoisotopic (exact) mass is 313 g/mol. The number of pyridine rings is 1. The van der Waals surface area contributed by atoms with Crippen LogP contribution in [0.15, 0.2) is 73.1 Å². The maximum Gasteiger partial charge on any atom is 0.248 e. The molecule has 3 N–H and O–H groups in total. The van der Waals surface area contributed by atoms with Crippen molar-refractivity contribution >= 4 is 16.9 Å². The molecule has 0 aliphatic carbocycles. The van der Waals surface area contributed by atoms with E-state index in [1.54, 1.807) is 12.1 Å². The first-order valence-electron chi connectivity index (χ1n) is 7.65. The molecule has 1 amide bonds. The first kappa shape index (κ1) is 14.2. The van der Waals surface area contributed by atoms with Gasteiger partial charge in [-0.1, -0.05) is 42.5 Å². The first-order valence-corrected chi connectivity index (χ1v) is 7.65. The molecule has 0 bridgehead atoms. The molecular weight excluding hydrogens is 298 g/mol. The Morgan fingerprint density at radius 3 is 2.38 bits per heavy atom. The van der Waals surface area contributed by atoms with Crippen LogP contribution in [0, 0.1) is 0 Å². The van der Waals surface area contributed by atoms with Crippen LogP contribution in [0.5, 0.6) is 0 Å². The van der Waals surface area contributed by atoms with E-state index in [1.165, 1.54) is 0 Å². The maximum atomic E-state index is 11.2. The van der Waals surface area contributed by atoms with E-state index in [0.29, 0.717) is 5.56 Å². The van der Waals surface area contributed by atoms with Crippen molar-refractivity contribution in [3.8, 4) is 22.3 Å². The third-order valence-corrected chi connectivity index (χ3v) is 4.12. The molecule has 0 spiro atoms. The smallest absolute Gasteiger partial charge is 0.248 e. The first-order chi connectivity index (χ1) is 11.7. The minimum Gasteiger partial charge on any atom is -0.366 e. The summed E-state index contributed by atoms with van der Waals surface area (Å²) < 4.78 is 0. The number of amides is 1. The van der Waals surface area contributed by atoms with Crippen LogP contribution in [0.1, 0.15) is 10.4 Å². The number of carbonyl (C=O) groups excluding carboxylic acids is 1. The van der Waals surface area contributed by atoms with Gasteiger partial charge in [0, 0.05) is 34.5 Å². The third kappa shape index (κ3) is 2.44. The highest BCUT2D eigenvalue weighted by Crippen LogP contribution is 2.31. The van der Waals surface area contributed by atoms with Gasteiger partial charge in [-0.15, -0.1) is 0 Å². The lowest BCUT2D eigenvalue weighted by molar-refractivity contribution is 0.100. The standard InChI is InChI=1S/C20H15N3O/c21-19(24)15-8-6-14(7-9-15)18-12-23-20-17(18)10-16(11-22-20)13-4-2-1-3-5-13/h1-12H,(H2,21,24)(H,22,23). The molecule has 4 nitrogen and oxygen atoms in total. The fourth-order valence-electron chi connectivity index (χ4n) is 2.84. The van der Waals surface area contributed by atoms with Crippen LogP contribution in [0.25, 0.3) is 33.3 Å². The summed E-state index contributed by atoms with van der Waals surface area (Å²) in [5.41, 5.74) is 10.9. The summed E-state index contributed by atoms with van der Waals surface area (Å²) in [7, 11) is 0. The molecule has 116 valence electrons. The van der Waals surface area contributed by atoms with E-state index in [-0.39, 0.29) is 0 Å². The number of aromatic nitrogens is 2. The van der Waals surface area contributed by atoms with Crippen LogP contribution in [0.3, 0.4) is 0 Å². The van der Waals surface area contributed by atoms with Crippen LogP contribution in [0.4, 0.5) is 0 Å². The Kier molecular flexibility index (Phi) is 3.35. The van der Waals surface area contributed by atoms with E-state index >= 15 is 0 Å². The molecule has 4 aromatic rings. The Morgan fingerprint density at radius 2 is 1.67 bits per heavy atom. The van der Waals surface area contributed by atoms with Gasteiger partial charge < -0.3 is 10.7 Å². The molecule has 0 radical (unpaired) electrons. The lowest BCUT2D eigenvalue weighted by Gasteiger charge is -2.04. The molecule has 4 rings (SSSR count). The highest BCUT2D eigenvalue weighted by molar-refractivity contribution is 5.97. The van der Waals surface area contributed by atoms with Gasteiger partial charge in [0.25, 0.3) is 0 Å². The molecular formula is C20H15N3O. The van der Waals surface area contributed by atoms with Crippen LogP contribution >= 0.6 is 0 Å². The second kappa shape index (κ2) is 5.66. The Hall–Kier alpha value is -3.40. The molecule has 2 heterocycles. The van der Waals surface area contributed by atoms with Gasteiger partial charge >= 0.3 is 0 Å². The summed E-state index contributed by atoms with van der Waals surface area (Å²) in [4.78, 5) is 18.9. The van der Waals surface area contributed by atoms with Crippen LogP contribution in [-0.2, 0) is 0 Å². The Bertz CT molecular complexity index is 1020. The zero-order chi connectivity index (χ0) is 16.5. The van der Waals surface area contributed by atoms with Gasteiger partial charge in [0.2, 0.25) is 5.91 Å². The fraction of sp³-hybridized carbons (Fsp3) is 0. The van der Waals surface area contributed by atoms with Crippen molar-refractivity contribution in [2.24, 2.45) is 5.73 Å². The van der Waals surface area contributed by atoms with Crippen LogP contribution in [0.2, 0.25) is 0 Å². The minimum absolute atomic E-state index is 0.423.